The lowest BCUT2D eigenvalue weighted by molar-refractivity contribution is 0.339. The Balaban J connectivity index is 2.05. The lowest BCUT2D eigenvalue weighted by Gasteiger charge is -2.09. The van der Waals surface area contributed by atoms with Gasteiger partial charge in [-0.15, -0.1) is 11.8 Å². The van der Waals surface area contributed by atoms with Crippen LogP contribution in [0, 0.1) is 5.82 Å². The number of halogens is 1. The third kappa shape index (κ3) is 3.89. The molecule has 19 heavy (non-hydrogen) atoms. The van der Waals surface area contributed by atoms with Crippen LogP contribution in [-0.2, 0) is 5.75 Å². The Morgan fingerprint density at radius 2 is 1.89 bits per heavy atom. The number of ether oxygens (including phenoxy) is 1. The highest BCUT2D eigenvalue weighted by atomic mass is 32.2. The first kappa shape index (κ1) is 13.7. The maximum Gasteiger partial charge on any atom is 0.123 e. The second-order valence-electron chi connectivity index (χ2n) is 4.05. The van der Waals surface area contributed by atoms with Gasteiger partial charge in [0.25, 0.3) is 0 Å². The van der Waals surface area contributed by atoms with Crippen molar-refractivity contribution in [3.63, 3.8) is 0 Å². The molecule has 0 heterocycles. The molecule has 0 atom stereocenters. The minimum Gasteiger partial charge on any atom is -0.494 e. The lowest BCUT2D eigenvalue weighted by Crippen LogP contribution is -1.94. The molecule has 0 saturated carbocycles. The van der Waals surface area contributed by atoms with Crippen molar-refractivity contribution in [3.8, 4) is 5.75 Å². The number of hydrogen-bond acceptors (Lipinski definition) is 3. The summed E-state index contributed by atoms with van der Waals surface area (Å²) in [6, 6.07) is 12.1. The Morgan fingerprint density at radius 1 is 1.16 bits per heavy atom. The molecule has 0 saturated heterocycles. The van der Waals surface area contributed by atoms with E-state index >= 15 is 0 Å². The van der Waals surface area contributed by atoms with Crippen molar-refractivity contribution in [3.05, 3.63) is 53.8 Å². The average molecular weight is 277 g/mol. The first-order valence-electron chi connectivity index (χ1n) is 6.08. The predicted octanol–water partition coefficient (Wildman–Crippen LogP) is 4.10. The van der Waals surface area contributed by atoms with Gasteiger partial charge in [-0.05, 0) is 42.8 Å². The van der Waals surface area contributed by atoms with E-state index in [1.165, 1.54) is 12.1 Å². The summed E-state index contributed by atoms with van der Waals surface area (Å²) in [5, 5.41) is 0. The van der Waals surface area contributed by atoms with E-state index in [4.69, 9.17) is 10.5 Å². The molecule has 0 aliphatic carbocycles. The zero-order valence-corrected chi connectivity index (χ0v) is 11.5. The van der Waals surface area contributed by atoms with Gasteiger partial charge in [-0.25, -0.2) is 4.39 Å². The normalized spacial score (nSPS) is 10.4. The van der Waals surface area contributed by atoms with Crippen LogP contribution in [0.4, 0.5) is 10.1 Å². The number of nitrogen functional groups attached to an aromatic ring is 1. The quantitative estimate of drug-likeness (QED) is 0.660. The topological polar surface area (TPSA) is 35.2 Å². The number of thioether (sulfide) groups is 1. The molecule has 2 rings (SSSR count). The molecule has 100 valence electrons. The van der Waals surface area contributed by atoms with Gasteiger partial charge in [-0.2, -0.15) is 0 Å². The minimum absolute atomic E-state index is 0.216. The fraction of sp³-hybridized carbons (Fsp3) is 0.200. The van der Waals surface area contributed by atoms with Crippen LogP contribution in [0.3, 0.4) is 0 Å². The summed E-state index contributed by atoms with van der Waals surface area (Å²) in [5.41, 5.74) is 7.73. The molecule has 0 unspecified atom stereocenters. The SMILES string of the molecule is CCOc1ccc(N)c(SCc2ccc(F)cc2)c1. The Hall–Kier alpha value is -1.68. The summed E-state index contributed by atoms with van der Waals surface area (Å²) in [7, 11) is 0. The molecular formula is C15H16FNOS. The van der Waals surface area contributed by atoms with Gasteiger partial charge < -0.3 is 10.5 Å². The Morgan fingerprint density at radius 3 is 2.58 bits per heavy atom. The summed E-state index contributed by atoms with van der Waals surface area (Å²) in [6.45, 7) is 2.58. The van der Waals surface area contributed by atoms with Gasteiger partial charge in [0.05, 0.1) is 6.61 Å². The molecule has 2 N–H and O–H groups in total. The van der Waals surface area contributed by atoms with Gasteiger partial charge in [-0.3, -0.25) is 0 Å². The Kier molecular flexibility index (Phi) is 4.68. The Labute approximate surface area is 116 Å². The molecule has 0 aliphatic heterocycles. The molecule has 2 aromatic rings. The average Bonchev–Trinajstić information content (AvgIpc) is 2.41. The fourth-order valence-corrected chi connectivity index (χ4v) is 2.59. The number of benzene rings is 2. The van der Waals surface area contributed by atoms with Crippen LogP contribution in [0.5, 0.6) is 5.75 Å². The molecule has 0 fully saturated rings. The van der Waals surface area contributed by atoms with E-state index in [0.29, 0.717) is 6.61 Å². The van der Waals surface area contributed by atoms with Gasteiger partial charge in [0, 0.05) is 16.3 Å². The van der Waals surface area contributed by atoms with Crippen molar-refractivity contribution in [2.45, 2.75) is 17.6 Å². The van der Waals surface area contributed by atoms with Crippen LogP contribution >= 0.6 is 11.8 Å². The van der Waals surface area contributed by atoms with Gasteiger partial charge in [0.15, 0.2) is 0 Å². The molecular weight excluding hydrogens is 261 g/mol. The van der Waals surface area contributed by atoms with Crippen molar-refractivity contribution < 1.29 is 9.13 Å². The van der Waals surface area contributed by atoms with E-state index < -0.39 is 0 Å². The van der Waals surface area contributed by atoms with E-state index in [2.05, 4.69) is 0 Å². The van der Waals surface area contributed by atoms with E-state index in [1.54, 1.807) is 23.9 Å². The molecule has 0 aromatic heterocycles. The third-order valence-electron chi connectivity index (χ3n) is 2.60. The molecule has 0 spiro atoms. The maximum atomic E-state index is 12.8. The molecule has 0 radical (unpaired) electrons. The standard InChI is InChI=1S/C15H16FNOS/c1-2-18-13-7-8-14(17)15(9-13)19-10-11-3-5-12(16)6-4-11/h3-9H,2,10,17H2,1H3. The summed E-state index contributed by atoms with van der Waals surface area (Å²) in [6.07, 6.45) is 0. The zero-order chi connectivity index (χ0) is 13.7. The smallest absolute Gasteiger partial charge is 0.123 e. The molecule has 2 nitrogen and oxygen atoms in total. The van der Waals surface area contributed by atoms with Crippen molar-refractivity contribution in [2.24, 2.45) is 0 Å². The van der Waals surface area contributed by atoms with E-state index in [1.807, 2.05) is 25.1 Å². The Bertz CT molecular complexity index is 542. The summed E-state index contributed by atoms with van der Waals surface area (Å²) in [4.78, 5) is 0.982. The number of hydrogen-bond donors (Lipinski definition) is 1. The van der Waals surface area contributed by atoms with Crippen LogP contribution in [0.15, 0.2) is 47.4 Å². The summed E-state index contributed by atoms with van der Waals surface area (Å²) in [5.74, 6) is 1.35. The van der Waals surface area contributed by atoms with E-state index in [0.717, 1.165) is 27.6 Å². The van der Waals surface area contributed by atoms with Gasteiger partial charge in [0.2, 0.25) is 0 Å². The van der Waals surface area contributed by atoms with Gasteiger partial charge in [-0.1, -0.05) is 12.1 Å². The highest BCUT2D eigenvalue weighted by Gasteiger charge is 2.04. The van der Waals surface area contributed by atoms with Crippen molar-refractivity contribution in [1.82, 2.24) is 0 Å². The first-order chi connectivity index (χ1) is 9.19. The van der Waals surface area contributed by atoms with Crippen LogP contribution in [0.1, 0.15) is 12.5 Å². The zero-order valence-electron chi connectivity index (χ0n) is 10.7. The third-order valence-corrected chi connectivity index (χ3v) is 3.75. The highest BCUT2D eigenvalue weighted by Crippen LogP contribution is 2.31. The minimum atomic E-state index is -0.216. The number of anilines is 1. The second kappa shape index (κ2) is 6.48. The molecule has 4 heteroatoms. The van der Waals surface area contributed by atoms with E-state index in [-0.39, 0.29) is 5.82 Å². The van der Waals surface area contributed by atoms with Crippen LogP contribution < -0.4 is 10.5 Å². The van der Waals surface area contributed by atoms with Crippen LogP contribution in [0.25, 0.3) is 0 Å². The predicted molar refractivity (Wildman–Crippen MR) is 78.0 cm³/mol. The molecule has 0 amide bonds. The maximum absolute atomic E-state index is 12.8. The highest BCUT2D eigenvalue weighted by molar-refractivity contribution is 7.98. The number of nitrogens with two attached hydrogens (primary N) is 1. The summed E-state index contributed by atoms with van der Waals surface area (Å²) >= 11 is 1.62. The summed E-state index contributed by atoms with van der Waals surface area (Å²) < 4.78 is 18.3. The first-order valence-corrected chi connectivity index (χ1v) is 7.07. The second-order valence-corrected chi connectivity index (χ2v) is 5.06. The van der Waals surface area contributed by atoms with E-state index in [9.17, 15) is 4.39 Å². The van der Waals surface area contributed by atoms with Crippen molar-refractivity contribution in [1.29, 1.82) is 0 Å². The van der Waals surface area contributed by atoms with Crippen molar-refractivity contribution in [2.75, 3.05) is 12.3 Å². The fourth-order valence-electron chi connectivity index (χ4n) is 1.64. The van der Waals surface area contributed by atoms with Gasteiger partial charge in [0.1, 0.15) is 11.6 Å². The monoisotopic (exact) mass is 277 g/mol. The lowest BCUT2D eigenvalue weighted by atomic mass is 10.2. The van der Waals surface area contributed by atoms with Crippen LogP contribution in [-0.4, -0.2) is 6.61 Å². The largest absolute Gasteiger partial charge is 0.494 e. The number of rotatable bonds is 5. The molecule has 2 aromatic carbocycles. The van der Waals surface area contributed by atoms with Crippen molar-refractivity contribution >= 4 is 17.4 Å². The van der Waals surface area contributed by atoms with Crippen LogP contribution in [0.2, 0.25) is 0 Å². The molecule has 0 aliphatic rings. The van der Waals surface area contributed by atoms with Gasteiger partial charge >= 0.3 is 0 Å². The molecule has 0 bridgehead atoms.